The summed E-state index contributed by atoms with van der Waals surface area (Å²) in [7, 11) is -2.87. The summed E-state index contributed by atoms with van der Waals surface area (Å²) < 4.78 is 24.9. The number of hydrogen-bond donors (Lipinski definition) is 1. The minimum Gasteiger partial charge on any atom is -0.369 e. The van der Waals surface area contributed by atoms with Crippen LogP contribution in [-0.4, -0.2) is 59.2 Å². The second kappa shape index (κ2) is 12.0. The minimum absolute atomic E-state index is 0.115. The van der Waals surface area contributed by atoms with E-state index >= 15 is 0 Å². The second-order valence-corrected chi connectivity index (χ2v) is 13.5. The second-order valence-electron chi connectivity index (χ2n) is 10.7. The number of halogens is 1. The van der Waals surface area contributed by atoms with Crippen LogP contribution in [-0.2, 0) is 14.6 Å². The van der Waals surface area contributed by atoms with Crippen molar-refractivity contribution in [3.05, 3.63) is 60.1 Å². The van der Waals surface area contributed by atoms with E-state index in [0.29, 0.717) is 18.1 Å². The smallest absolute Gasteiger partial charge is 0.224 e. The van der Waals surface area contributed by atoms with Crippen molar-refractivity contribution in [2.45, 2.75) is 50.5 Å². The molecule has 1 saturated heterocycles. The predicted molar refractivity (Wildman–Crippen MR) is 155 cm³/mol. The van der Waals surface area contributed by atoms with Gasteiger partial charge in [0.1, 0.15) is 5.54 Å². The van der Waals surface area contributed by atoms with Crippen molar-refractivity contribution in [3.63, 3.8) is 0 Å². The Morgan fingerprint density at radius 3 is 2.33 bits per heavy atom. The Morgan fingerprint density at radius 1 is 1.00 bits per heavy atom. The number of carbonyl (C=O) groups excluding carboxylic acids is 1. The van der Waals surface area contributed by atoms with Crippen LogP contribution in [0, 0.1) is 17.2 Å². The molecular weight excluding hydrogens is 548 g/mol. The van der Waals surface area contributed by atoms with Crippen molar-refractivity contribution in [3.8, 4) is 22.9 Å². The van der Waals surface area contributed by atoms with E-state index in [0.717, 1.165) is 61.0 Å². The quantitative estimate of drug-likeness (QED) is 0.469. The zero-order chi connectivity index (χ0) is 28.2. The van der Waals surface area contributed by atoms with Crippen LogP contribution in [0.4, 0.5) is 5.69 Å². The maximum Gasteiger partial charge on any atom is 0.224 e. The van der Waals surface area contributed by atoms with E-state index in [2.05, 4.69) is 26.4 Å². The lowest BCUT2D eigenvalue weighted by Gasteiger charge is -2.28. The Labute approximate surface area is 240 Å². The Kier molecular flexibility index (Phi) is 8.43. The summed E-state index contributed by atoms with van der Waals surface area (Å²) >= 11 is 5.98. The molecule has 3 aliphatic rings. The summed E-state index contributed by atoms with van der Waals surface area (Å²) in [6.07, 6.45) is 14.3. The number of nitrogens with one attached hydrogen (secondary N) is 1. The van der Waals surface area contributed by atoms with E-state index in [1.54, 1.807) is 29.3 Å². The molecule has 0 spiro atoms. The van der Waals surface area contributed by atoms with Gasteiger partial charge in [0.2, 0.25) is 5.91 Å². The summed E-state index contributed by atoms with van der Waals surface area (Å²) in [5, 5.41) is 16.7. The van der Waals surface area contributed by atoms with E-state index in [9.17, 15) is 13.2 Å². The van der Waals surface area contributed by atoms with Gasteiger partial charge in [0, 0.05) is 42.7 Å². The molecule has 1 N–H and O–H groups in total. The number of aromatic nitrogens is 3. The number of amides is 1. The molecule has 1 aliphatic heterocycles. The van der Waals surface area contributed by atoms with Crippen LogP contribution in [0.2, 0.25) is 5.02 Å². The van der Waals surface area contributed by atoms with Crippen molar-refractivity contribution in [1.29, 1.82) is 5.26 Å². The molecule has 3 aromatic rings. The molecule has 0 bridgehead atoms. The zero-order valence-corrected chi connectivity index (χ0v) is 23.9. The summed E-state index contributed by atoms with van der Waals surface area (Å²) in [6, 6.07) is 12.1. The van der Waals surface area contributed by atoms with Crippen LogP contribution in [0.3, 0.4) is 0 Å². The van der Waals surface area contributed by atoms with Gasteiger partial charge in [-0.25, -0.2) is 13.1 Å². The average Bonchev–Trinajstić information content (AvgIpc) is 3.56. The number of carbonyl (C=O) groups is 1. The monoisotopic (exact) mass is 580 g/mol. The van der Waals surface area contributed by atoms with Crippen LogP contribution < -0.4 is 10.2 Å². The molecule has 6 rings (SSSR count). The highest BCUT2D eigenvalue weighted by Crippen LogP contribution is 2.35. The molecule has 11 heteroatoms. The fraction of sp³-hybridized carbons (Fsp3) is 0.448. The first-order chi connectivity index (χ1) is 19.3. The van der Waals surface area contributed by atoms with Gasteiger partial charge < -0.3 is 10.2 Å². The molecule has 0 atom stereocenters. The van der Waals surface area contributed by atoms with E-state index in [1.807, 2.05) is 30.5 Å². The number of benzene rings is 1. The van der Waals surface area contributed by atoms with Crippen molar-refractivity contribution in [2.24, 2.45) is 5.92 Å². The van der Waals surface area contributed by atoms with Gasteiger partial charge in [-0.05, 0) is 49.4 Å². The lowest BCUT2D eigenvalue weighted by Crippen LogP contribution is -2.40. The topological polar surface area (TPSA) is 121 Å². The van der Waals surface area contributed by atoms with Gasteiger partial charge in [-0.2, -0.15) is 10.4 Å². The predicted octanol–water partition coefficient (Wildman–Crippen LogP) is 4.56. The minimum atomic E-state index is -2.87. The van der Waals surface area contributed by atoms with Gasteiger partial charge in [0.15, 0.2) is 9.84 Å². The molecule has 2 aliphatic carbocycles. The third-order valence-corrected chi connectivity index (χ3v) is 9.57. The van der Waals surface area contributed by atoms with Gasteiger partial charge >= 0.3 is 0 Å². The molecule has 9 nitrogen and oxygen atoms in total. The van der Waals surface area contributed by atoms with Crippen LogP contribution in [0.5, 0.6) is 0 Å². The molecule has 40 heavy (non-hydrogen) atoms. The Balaban J connectivity index is 0.000000194. The molecule has 2 saturated carbocycles. The number of rotatable bonds is 5. The largest absolute Gasteiger partial charge is 0.369 e. The zero-order valence-electron chi connectivity index (χ0n) is 22.3. The lowest BCUT2D eigenvalue weighted by atomic mass is 9.88. The number of sulfone groups is 1. The highest BCUT2D eigenvalue weighted by molar-refractivity contribution is 7.91. The van der Waals surface area contributed by atoms with Gasteiger partial charge in [0.25, 0.3) is 0 Å². The third kappa shape index (κ3) is 7.01. The van der Waals surface area contributed by atoms with Crippen molar-refractivity contribution >= 4 is 33.0 Å². The Bertz CT molecular complexity index is 1470. The van der Waals surface area contributed by atoms with Gasteiger partial charge in [-0.3, -0.25) is 9.78 Å². The van der Waals surface area contributed by atoms with Crippen molar-refractivity contribution in [1.82, 2.24) is 20.1 Å². The summed E-state index contributed by atoms with van der Waals surface area (Å²) in [5.41, 5.74) is 3.39. The number of nitrogens with zero attached hydrogens (tertiary/aromatic N) is 5. The molecular formula is C29H33ClN6O3S. The highest BCUT2D eigenvalue weighted by Gasteiger charge is 2.45. The molecule has 1 aromatic carbocycles. The van der Waals surface area contributed by atoms with E-state index in [4.69, 9.17) is 16.9 Å². The summed E-state index contributed by atoms with van der Waals surface area (Å²) in [4.78, 5) is 17.9. The summed E-state index contributed by atoms with van der Waals surface area (Å²) in [5.74, 6) is 0.725. The SMILES string of the molecule is N#CC1(NC(=O)C2CCCCC2)CC1.O=S1(=O)CCN(c2ccc(-c3cnn(-c4cncc(Cl)c4)c3)cc2)CC1. The van der Waals surface area contributed by atoms with Crippen molar-refractivity contribution in [2.75, 3.05) is 29.5 Å². The molecule has 3 heterocycles. The molecule has 0 unspecified atom stereocenters. The standard InChI is InChI=1S/C18H17ClN4O2S.C11H16N2O/c19-16-9-18(12-20-11-16)23-13-15(10-21-23)14-1-3-17(4-2-14)22-5-7-26(24,25)8-6-22;12-8-11(6-7-11)13-10(14)9-4-2-1-3-5-9/h1-4,9-13H,5-8H2;9H,1-7H2,(H,13,14). The first-order valence-electron chi connectivity index (χ1n) is 13.7. The highest BCUT2D eigenvalue weighted by atomic mass is 35.5. The molecule has 3 fully saturated rings. The maximum absolute atomic E-state index is 11.8. The first kappa shape index (κ1) is 28.1. The fourth-order valence-electron chi connectivity index (χ4n) is 5.07. The fourth-order valence-corrected chi connectivity index (χ4v) is 6.44. The third-order valence-electron chi connectivity index (χ3n) is 7.75. The lowest BCUT2D eigenvalue weighted by molar-refractivity contribution is -0.126. The number of nitriles is 1. The normalized spacial score (nSPS) is 19.6. The Hall–Kier alpha value is -3.42. The summed E-state index contributed by atoms with van der Waals surface area (Å²) in [6.45, 7) is 1.09. The number of hydrogen-bond acceptors (Lipinski definition) is 7. The van der Waals surface area contributed by atoms with Gasteiger partial charge in [0.05, 0.1) is 40.7 Å². The van der Waals surface area contributed by atoms with E-state index in [1.165, 1.54) is 6.42 Å². The Morgan fingerprint density at radius 2 is 1.70 bits per heavy atom. The molecule has 210 valence electrons. The first-order valence-corrected chi connectivity index (χ1v) is 15.9. The van der Waals surface area contributed by atoms with Crippen molar-refractivity contribution < 1.29 is 13.2 Å². The van der Waals surface area contributed by atoms with E-state index in [-0.39, 0.29) is 23.3 Å². The maximum atomic E-state index is 11.8. The van der Waals surface area contributed by atoms with Crippen LogP contribution in [0.25, 0.3) is 16.8 Å². The van der Waals surface area contributed by atoms with E-state index < -0.39 is 15.4 Å². The van der Waals surface area contributed by atoms with Crippen LogP contribution in [0.1, 0.15) is 44.9 Å². The van der Waals surface area contributed by atoms with Gasteiger partial charge in [-0.15, -0.1) is 0 Å². The molecule has 2 aromatic heterocycles. The van der Waals surface area contributed by atoms with Gasteiger partial charge in [-0.1, -0.05) is 43.0 Å². The van der Waals surface area contributed by atoms with Crippen LogP contribution >= 0.6 is 11.6 Å². The average molecular weight is 581 g/mol. The molecule has 0 radical (unpaired) electrons. The van der Waals surface area contributed by atoms with Crippen LogP contribution in [0.15, 0.2) is 55.1 Å². The molecule has 1 amide bonds. The number of pyridine rings is 1. The number of anilines is 1.